The van der Waals surface area contributed by atoms with Crippen LogP contribution in [0.5, 0.6) is 0 Å². The summed E-state index contributed by atoms with van der Waals surface area (Å²) in [4.78, 5) is 5.97. The molecule has 0 radical (unpaired) electrons. The summed E-state index contributed by atoms with van der Waals surface area (Å²) in [7, 11) is -2.93. The highest BCUT2D eigenvalue weighted by atomic mass is 32.2. The number of rotatable bonds is 4. The minimum atomic E-state index is -2.93. The first kappa shape index (κ1) is 16.2. The van der Waals surface area contributed by atoms with Gasteiger partial charge in [-0.15, -0.1) is 0 Å². The third-order valence-electron chi connectivity index (χ3n) is 5.71. The molecule has 2 aliphatic rings. The molecule has 0 bridgehead atoms. The van der Waals surface area contributed by atoms with E-state index in [0.29, 0.717) is 17.7 Å². The molecule has 1 saturated heterocycles. The van der Waals surface area contributed by atoms with Gasteiger partial charge in [-0.1, -0.05) is 19.1 Å². The molecule has 0 spiro atoms. The van der Waals surface area contributed by atoms with Crippen molar-refractivity contribution < 1.29 is 8.42 Å². The molecule has 0 unspecified atom stereocenters. The molecule has 1 fully saturated rings. The first-order valence-electron chi connectivity index (χ1n) is 8.97. The van der Waals surface area contributed by atoms with E-state index in [-0.39, 0.29) is 5.92 Å². The third kappa shape index (κ3) is 2.78. The van der Waals surface area contributed by atoms with E-state index < -0.39 is 9.84 Å². The van der Waals surface area contributed by atoms with Crippen molar-refractivity contribution in [2.75, 3.05) is 25.1 Å². The van der Waals surface area contributed by atoms with Gasteiger partial charge in [0.25, 0.3) is 0 Å². The number of piperidine rings is 1. The molecule has 1 aliphatic carbocycles. The number of aromatic amines is 1. The van der Waals surface area contributed by atoms with Crippen molar-refractivity contribution in [3.8, 4) is 0 Å². The molecule has 4 rings (SSSR count). The van der Waals surface area contributed by atoms with E-state index in [1.54, 1.807) is 0 Å². The van der Waals surface area contributed by atoms with Crippen LogP contribution in [0.1, 0.15) is 36.8 Å². The topological polar surface area (TPSA) is 53.2 Å². The van der Waals surface area contributed by atoms with Gasteiger partial charge in [0.15, 0.2) is 0 Å². The van der Waals surface area contributed by atoms with Crippen molar-refractivity contribution in [2.24, 2.45) is 5.92 Å². The molecule has 1 aromatic carbocycles. The number of fused-ring (bicyclic) bond motifs is 2. The van der Waals surface area contributed by atoms with Gasteiger partial charge in [-0.05, 0) is 48.9 Å². The van der Waals surface area contributed by atoms with Gasteiger partial charge in [0.1, 0.15) is 9.84 Å². The number of nitrogens with one attached hydrogen (secondary N) is 1. The van der Waals surface area contributed by atoms with E-state index in [0.717, 1.165) is 32.4 Å². The fraction of sp³-hybridized carbons (Fsp3) is 0.579. The van der Waals surface area contributed by atoms with Crippen molar-refractivity contribution in [1.82, 2.24) is 9.88 Å². The van der Waals surface area contributed by atoms with Gasteiger partial charge in [-0.2, -0.15) is 0 Å². The number of aromatic nitrogens is 1. The molecule has 0 saturated carbocycles. The van der Waals surface area contributed by atoms with Crippen LogP contribution in [0.2, 0.25) is 0 Å². The van der Waals surface area contributed by atoms with Gasteiger partial charge >= 0.3 is 0 Å². The lowest BCUT2D eigenvalue weighted by Gasteiger charge is -2.47. The van der Waals surface area contributed by atoms with Crippen LogP contribution in [0.15, 0.2) is 24.4 Å². The van der Waals surface area contributed by atoms with Crippen molar-refractivity contribution in [1.29, 1.82) is 0 Å². The second-order valence-electron chi connectivity index (χ2n) is 7.65. The molecule has 3 atom stereocenters. The maximum absolute atomic E-state index is 11.8. The number of benzene rings is 1. The molecule has 1 N–H and O–H groups in total. The van der Waals surface area contributed by atoms with Crippen LogP contribution >= 0.6 is 0 Å². The Morgan fingerprint density at radius 3 is 2.92 bits per heavy atom. The predicted octanol–water partition coefficient (Wildman–Crippen LogP) is 2.95. The first-order valence-corrected chi connectivity index (χ1v) is 11.0. The lowest BCUT2D eigenvalue weighted by atomic mass is 9.72. The highest BCUT2D eigenvalue weighted by molar-refractivity contribution is 7.90. The van der Waals surface area contributed by atoms with Crippen LogP contribution in [-0.2, 0) is 16.3 Å². The lowest BCUT2D eigenvalue weighted by molar-refractivity contribution is 0.0920. The lowest BCUT2D eigenvalue weighted by Crippen LogP contribution is -2.51. The Morgan fingerprint density at radius 2 is 2.17 bits per heavy atom. The minimum Gasteiger partial charge on any atom is -0.361 e. The van der Waals surface area contributed by atoms with Gasteiger partial charge in [0, 0.05) is 41.9 Å². The van der Waals surface area contributed by atoms with E-state index in [1.807, 2.05) is 0 Å². The maximum atomic E-state index is 11.8. The third-order valence-corrected chi connectivity index (χ3v) is 6.79. The molecule has 2 heterocycles. The maximum Gasteiger partial charge on any atom is 0.147 e. The smallest absolute Gasteiger partial charge is 0.147 e. The Morgan fingerprint density at radius 1 is 1.33 bits per heavy atom. The van der Waals surface area contributed by atoms with Crippen LogP contribution in [0, 0.1) is 5.92 Å². The van der Waals surface area contributed by atoms with Gasteiger partial charge in [0.05, 0.1) is 5.75 Å². The summed E-state index contributed by atoms with van der Waals surface area (Å²) in [5.41, 5.74) is 4.05. The van der Waals surface area contributed by atoms with E-state index in [2.05, 4.69) is 41.2 Å². The van der Waals surface area contributed by atoms with E-state index in [9.17, 15) is 8.42 Å². The number of sulfone groups is 1. The molecule has 5 heteroatoms. The van der Waals surface area contributed by atoms with Crippen LogP contribution in [0.4, 0.5) is 0 Å². The van der Waals surface area contributed by atoms with E-state index >= 15 is 0 Å². The van der Waals surface area contributed by atoms with Crippen LogP contribution in [-0.4, -0.2) is 49.4 Å². The van der Waals surface area contributed by atoms with E-state index in [4.69, 9.17) is 0 Å². The number of H-pyrrole nitrogens is 1. The molecular weight excluding hydrogens is 320 g/mol. The van der Waals surface area contributed by atoms with Gasteiger partial charge in [-0.25, -0.2) is 8.42 Å². The number of hydrogen-bond donors (Lipinski definition) is 1. The van der Waals surface area contributed by atoms with Crippen molar-refractivity contribution in [3.05, 3.63) is 35.5 Å². The molecule has 2 aromatic rings. The second kappa shape index (κ2) is 5.88. The summed E-state index contributed by atoms with van der Waals surface area (Å²) in [6, 6.07) is 7.03. The van der Waals surface area contributed by atoms with E-state index in [1.165, 1.54) is 28.3 Å². The highest BCUT2D eigenvalue weighted by Crippen LogP contribution is 2.44. The fourth-order valence-corrected chi connectivity index (χ4v) is 6.09. The fourth-order valence-electron chi connectivity index (χ4n) is 4.99. The Kier molecular flexibility index (Phi) is 3.96. The number of hydrogen-bond acceptors (Lipinski definition) is 3. The van der Waals surface area contributed by atoms with Crippen molar-refractivity contribution in [2.45, 2.75) is 38.1 Å². The summed E-state index contributed by atoms with van der Waals surface area (Å²) >= 11 is 0. The van der Waals surface area contributed by atoms with Crippen LogP contribution < -0.4 is 0 Å². The Labute approximate surface area is 144 Å². The summed E-state index contributed by atoms with van der Waals surface area (Å²) < 4.78 is 23.7. The Bertz CT molecular complexity index is 855. The summed E-state index contributed by atoms with van der Waals surface area (Å²) in [5.74, 6) is 1.000. The van der Waals surface area contributed by atoms with Crippen LogP contribution in [0.3, 0.4) is 0 Å². The Hall–Kier alpha value is -1.33. The highest BCUT2D eigenvalue weighted by Gasteiger charge is 2.41. The number of nitrogens with zero attached hydrogens (tertiary/aromatic N) is 1. The van der Waals surface area contributed by atoms with Crippen LogP contribution in [0.25, 0.3) is 10.9 Å². The zero-order valence-corrected chi connectivity index (χ0v) is 15.3. The molecule has 130 valence electrons. The largest absolute Gasteiger partial charge is 0.361 e. The molecule has 1 aromatic heterocycles. The summed E-state index contributed by atoms with van der Waals surface area (Å²) in [5, 5.41) is 1.38. The second-order valence-corrected chi connectivity index (χ2v) is 9.84. The molecule has 1 aliphatic heterocycles. The van der Waals surface area contributed by atoms with Crippen molar-refractivity contribution in [3.63, 3.8) is 0 Å². The average molecular weight is 346 g/mol. The van der Waals surface area contributed by atoms with Gasteiger partial charge < -0.3 is 4.98 Å². The summed E-state index contributed by atoms with van der Waals surface area (Å²) in [6.07, 6.45) is 6.71. The monoisotopic (exact) mass is 346 g/mol. The normalized spacial score (nSPS) is 27.3. The average Bonchev–Trinajstić information content (AvgIpc) is 2.92. The quantitative estimate of drug-likeness (QED) is 0.926. The zero-order chi connectivity index (χ0) is 16.9. The first-order chi connectivity index (χ1) is 11.5. The molecule has 4 nitrogen and oxygen atoms in total. The molecule has 0 amide bonds. The molecule has 24 heavy (non-hydrogen) atoms. The minimum absolute atomic E-state index is 0.239. The standard InChI is InChI=1S/C19H26N2O2S/c1-3-7-21-11-13(12-24(2,22)23)8-16-15-5-4-6-17-19(15)14(10-20-17)9-18(16)21/h4-6,10,13,16,18,20H,3,7-9,11-12H2,1-2H3/t13-,16+,18+/m0/s1. The van der Waals surface area contributed by atoms with Gasteiger partial charge in [-0.3, -0.25) is 4.90 Å². The SMILES string of the molecule is CCCN1C[C@@H](CS(C)(=O)=O)C[C@@H]2c3cccc4[nH]cc(c34)C[C@H]21. The zero-order valence-electron chi connectivity index (χ0n) is 14.5. The van der Waals surface area contributed by atoms with Crippen molar-refractivity contribution >= 4 is 20.7 Å². The molecular formula is C19H26N2O2S. The summed E-state index contributed by atoms with van der Waals surface area (Å²) in [6.45, 7) is 4.18. The predicted molar refractivity (Wildman–Crippen MR) is 98.2 cm³/mol. The number of likely N-dealkylation sites (tertiary alicyclic amines) is 1. The van der Waals surface area contributed by atoms with Gasteiger partial charge in [0.2, 0.25) is 0 Å². The Balaban J connectivity index is 1.74.